The molecule has 0 aliphatic heterocycles. The lowest BCUT2D eigenvalue weighted by molar-refractivity contribution is 0.386. The van der Waals surface area contributed by atoms with E-state index < -0.39 is 0 Å². The second-order valence-corrected chi connectivity index (χ2v) is 5.20. The molecule has 0 aliphatic rings. The van der Waals surface area contributed by atoms with Gasteiger partial charge in [0.15, 0.2) is 5.82 Å². The van der Waals surface area contributed by atoms with Gasteiger partial charge < -0.3 is 14.8 Å². The first kappa shape index (κ1) is 13.5. The van der Waals surface area contributed by atoms with E-state index in [1.165, 1.54) is 0 Å². The molecule has 0 unspecified atom stereocenters. The Labute approximate surface area is 122 Å². The van der Waals surface area contributed by atoms with Gasteiger partial charge in [0.1, 0.15) is 17.3 Å². The highest BCUT2D eigenvalue weighted by atomic mass is 16.5. The summed E-state index contributed by atoms with van der Waals surface area (Å²) in [5.74, 6) is 2.49. The molecule has 2 N–H and O–H groups in total. The molecule has 0 bridgehead atoms. The molecule has 110 valence electrons. The highest BCUT2D eigenvalue weighted by Gasteiger charge is 2.16. The molecule has 21 heavy (non-hydrogen) atoms. The van der Waals surface area contributed by atoms with Gasteiger partial charge in [-0.05, 0) is 26.3 Å². The van der Waals surface area contributed by atoms with Crippen LogP contribution in [0, 0.1) is 27.7 Å². The Kier molecular flexibility index (Phi) is 3.12. The summed E-state index contributed by atoms with van der Waals surface area (Å²) in [7, 11) is 0. The first-order valence-electron chi connectivity index (χ1n) is 6.86. The van der Waals surface area contributed by atoms with Crippen molar-refractivity contribution in [3.05, 3.63) is 28.8 Å². The van der Waals surface area contributed by atoms with Gasteiger partial charge >= 0.3 is 0 Å². The van der Waals surface area contributed by atoms with Crippen LogP contribution < -0.4 is 5.73 Å². The van der Waals surface area contributed by atoms with Gasteiger partial charge in [-0.1, -0.05) is 5.16 Å². The van der Waals surface area contributed by atoms with Crippen LogP contribution in [0.2, 0.25) is 0 Å². The molecule has 3 aromatic heterocycles. The summed E-state index contributed by atoms with van der Waals surface area (Å²) in [6.45, 7) is 8.47. The Morgan fingerprint density at radius 2 is 1.86 bits per heavy atom. The molecule has 0 spiro atoms. The Bertz CT molecular complexity index is 817. The molecule has 0 fully saturated rings. The Morgan fingerprint density at radius 3 is 2.52 bits per heavy atom. The van der Waals surface area contributed by atoms with Crippen LogP contribution >= 0.6 is 0 Å². The van der Waals surface area contributed by atoms with Gasteiger partial charge in [-0.25, -0.2) is 9.97 Å². The zero-order valence-corrected chi connectivity index (χ0v) is 12.6. The van der Waals surface area contributed by atoms with Gasteiger partial charge in [0, 0.05) is 25.6 Å². The van der Waals surface area contributed by atoms with Gasteiger partial charge in [-0.2, -0.15) is 4.98 Å². The van der Waals surface area contributed by atoms with Crippen LogP contribution in [0.5, 0.6) is 0 Å². The first-order chi connectivity index (χ1) is 9.97. The number of aromatic nitrogens is 5. The number of nitrogens with zero attached hydrogens (tertiary/aromatic N) is 5. The number of nitrogen functional groups attached to an aromatic ring is 1. The summed E-state index contributed by atoms with van der Waals surface area (Å²) in [4.78, 5) is 13.0. The van der Waals surface area contributed by atoms with E-state index in [2.05, 4.69) is 31.6 Å². The van der Waals surface area contributed by atoms with Crippen molar-refractivity contribution in [3.63, 3.8) is 0 Å². The maximum atomic E-state index is 6.05. The minimum atomic E-state index is 0.534. The second-order valence-electron chi connectivity index (χ2n) is 5.20. The third-order valence-electron chi connectivity index (χ3n) is 3.74. The van der Waals surface area contributed by atoms with Crippen LogP contribution in [0.15, 0.2) is 4.52 Å². The van der Waals surface area contributed by atoms with E-state index in [1.54, 1.807) is 6.92 Å². The van der Waals surface area contributed by atoms with Gasteiger partial charge in [-0.3, -0.25) is 0 Å². The fourth-order valence-electron chi connectivity index (χ4n) is 2.60. The molecule has 0 saturated carbocycles. The maximum Gasteiger partial charge on any atom is 0.223 e. The third kappa shape index (κ3) is 2.24. The number of nitrogens with two attached hydrogens (primary N) is 1. The smallest absolute Gasteiger partial charge is 0.223 e. The highest BCUT2D eigenvalue weighted by molar-refractivity contribution is 5.91. The van der Waals surface area contributed by atoms with Crippen molar-refractivity contribution in [2.24, 2.45) is 0 Å². The predicted molar refractivity (Wildman–Crippen MR) is 78.9 cm³/mol. The Balaban J connectivity index is 2.03. The molecule has 3 aromatic rings. The summed E-state index contributed by atoms with van der Waals surface area (Å²) in [6, 6.07) is 0. The molecule has 0 amide bonds. The molecule has 0 radical (unpaired) electrons. The molecule has 7 nitrogen and oxygen atoms in total. The number of hydrogen-bond donors (Lipinski definition) is 1. The van der Waals surface area contributed by atoms with E-state index in [1.807, 2.05) is 13.8 Å². The van der Waals surface area contributed by atoms with E-state index in [0.717, 1.165) is 28.8 Å². The van der Waals surface area contributed by atoms with E-state index >= 15 is 0 Å². The summed E-state index contributed by atoms with van der Waals surface area (Å²) in [5, 5.41) is 4.86. The summed E-state index contributed by atoms with van der Waals surface area (Å²) < 4.78 is 7.14. The van der Waals surface area contributed by atoms with Gasteiger partial charge in [0.25, 0.3) is 0 Å². The van der Waals surface area contributed by atoms with Crippen LogP contribution in [-0.4, -0.2) is 24.7 Å². The minimum Gasteiger partial charge on any atom is -0.383 e. The van der Waals surface area contributed by atoms with E-state index in [0.29, 0.717) is 29.8 Å². The highest BCUT2D eigenvalue weighted by Crippen LogP contribution is 2.27. The van der Waals surface area contributed by atoms with Crippen molar-refractivity contribution in [1.29, 1.82) is 0 Å². The average Bonchev–Trinajstić information content (AvgIpc) is 2.92. The van der Waals surface area contributed by atoms with Crippen molar-refractivity contribution < 1.29 is 4.52 Å². The van der Waals surface area contributed by atoms with E-state index in [-0.39, 0.29) is 0 Å². The molecule has 3 rings (SSSR count). The summed E-state index contributed by atoms with van der Waals surface area (Å²) >= 11 is 0. The van der Waals surface area contributed by atoms with E-state index in [9.17, 15) is 0 Å². The molecule has 0 aromatic carbocycles. The summed E-state index contributed by atoms with van der Waals surface area (Å²) in [6.07, 6.45) is 0.685. The Hall–Kier alpha value is -2.44. The van der Waals surface area contributed by atoms with Gasteiger partial charge in [0.2, 0.25) is 5.89 Å². The standard InChI is InChI=1S/C14H18N6O/c1-7-8(2)20(6-5-11-18-10(4)21-19-11)14-12(7)13(15)16-9(3)17-14/h5-6H2,1-4H3,(H2,15,16,17). The third-order valence-corrected chi connectivity index (χ3v) is 3.74. The van der Waals surface area contributed by atoms with E-state index in [4.69, 9.17) is 10.3 Å². The predicted octanol–water partition coefficient (Wildman–Crippen LogP) is 1.87. The van der Waals surface area contributed by atoms with Crippen LogP contribution in [0.3, 0.4) is 0 Å². The zero-order valence-electron chi connectivity index (χ0n) is 12.6. The molecule has 0 atom stereocenters. The lowest BCUT2D eigenvalue weighted by Gasteiger charge is -2.06. The molecule has 0 saturated heterocycles. The quantitative estimate of drug-likeness (QED) is 0.789. The average molecular weight is 286 g/mol. The van der Waals surface area contributed by atoms with Gasteiger partial charge in [-0.15, -0.1) is 0 Å². The van der Waals surface area contributed by atoms with Crippen molar-refractivity contribution in [2.75, 3.05) is 5.73 Å². The van der Waals surface area contributed by atoms with Crippen LogP contribution in [-0.2, 0) is 13.0 Å². The number of fused-ring (bicyclic) bond motifs is 1. The second kappa shape index (κ2) is 4.83. The molecule has 0 aliphatic carbocycles. The molecular formula is C14H18N6O. The van der Waals surface area contributed by atoms with Crippen molar-refractivity contribution in [3.8, 4) is 0 Å². The number of anilines is 1. The van der Waals surface area contributed by atoms with Crippen LogP contribution in [0.1, 0.15) is 28.8 Å². The van der Waals surface area contributed by atoms with Crippen molar-refractivity contribution in [2.45, 2.75) is 40.7 Å². The van der Waals surface area contributed by atoms with Crippen molar-refractivity contribution >= 4 is 16.9 Å². The number of rotatable bonds is 3. The zero-order chi connectivity index (χ0) is 15.1. The molecular weight excluding hydrogens is 268 g/mol. The fraction of sp³-hybridized carbons (Fsp3) is 0.429. The number of hydrogen-bond acceptors (Lipinski definition) is 6. The van der Waals surface area contributed by atoms with Crippen LogP contribution in [0.25, 0.3) is 11.0 Å². The van der Waals surface area contributed by atoms with Gasteiger partial charge in [0.05, 0.1) is 5.39 Å². The minimum absolute atomic E-state index is 0.534. The Morgan fingerprint density at radius 1 is 1.10 bits per heavy atom. The largest absolute Gasteiger partial charge is 0.383 e. The summed E-state index contributed by atoms with van der Waals surface area (Å²) in [5.41, 5.74) is 9.17. The topological polar surface area (TPSA) is 95.7 Å². The van der Waals surface area contributed by atoms with Crippen molar-refractivity contribution in [1.82, 2.24) is 24.7 Å². The molecule has 7 heteroatoms. The normalized spacial score (nSPS) is 11.4. The monoisotopic (exact) mass is 286 g/mol. The maximum absolute atomic E-state index is 6.05. The molecule has 3 heterocycles. The lowest BCUT2D eigenvalue weighted by atomic mass is 10.2. The number of aryl methyl sites for hydroxylation is 5. The first-order valence-corrected chi connectivity index (χ1v) is 6.86. The SMILES string of the molecule is Cc1nc(N)c2c(C)c(C)n(CCc3noc(C)n3)c2n1. The lowest BCUT2D eigenvalue weighted by Crippen LogP contribution is -2.06. The fourth-order valence-corrected chi connectivity index (χ4v) is 2.60. The van der Waals surface area contributed by atoms with Crippen LogP contribution in [0.4, 0.5) is 5.82 Å².